The van der Waals surface area contributed by atoms with E-state index in [4.69, 9.17) is 4.74 Å². The molecular formula is C18H16FNO2. The summed E-state index contributed by atoms with van der Waals surface area (Å²) >= 11 is 0. The Bertz CT molecular complexity index is 880. The highest BCUT2D eigenvalue weighted by Gasteiger charge is 2.18. The lowest BCUT2D eigenvalue weighted by Gasteiger charge is -2.08. The normalized spacial score (nSPS) is 10.9. The number of nitrogens with one attached hydrogen (secondary N) is 1. The van der Waals surface area contributed by atoms with Crippen LogP contribution in [0.1, 0.15) is 21.5 Å². The van der Waals surface area contributed by atoms with Crippen molar-refractivity contribution in [3.63, 3.8) is 0 Å². The molecule has 0 aliphatic heterocycles. The molecule has 4 heteroatoms. The first-order chi connectivity index (χ1) is 10.6. The van der Waals surface area contributed by atoms with Gasteiger partial charge in [-0.2, -0.15) is 0 Å². The van der Waals surface area contributed by atoms with E-state index in [-0.39, 0.29) is 5.82 Å². The summed E-state index contributed by atoms with van der Waals surface area (Å²) in [5, 5.41) is 0.872. The van der Waals surface area contributed by atoms with Crippen LogP contribution in [0.3, 0.4) is 0 Å². The van der Waals surface area contributed by atoms with E-state index >= 15 is 0 Å². The van der Waals surface area contributed by atoms with Gasteiger partial charge in [-0.1, -0.05) is 12.1 Å². The SMILES string of the molecule is COc1ccc(F)cc1-c1[nH]c2c(C)ccc(C)c2c1C=O. The first-order valence-corrected chi connectivity index (χ1v) is 6.97. The molecule has 1 N–H and O–H groups in total. The van der Waals surface area contributed by atoms with Crippen LogP contribution in [0.2, 0.25) is 0 Å². The second-order valence-electron chi connectivity index (χ2n) is 5.33. The number of methoxy groups -OCH3 is 1. The summed E-state index contributed by atoms with van der Waals surface area (Å²) in [6, 6.07) is 8.24. The van der Waals surface area contributed by atoms with Crippen molar-refractivity contribution in [3.8, 4) is 17.0 Å². The van der Waals surface area contributed by atoms with Gasteiger partial charge in [-0.05, 0) is 43.2 Å². The van der Waals surface area contributed by atoms with Gasteiger partial charge in [0, 0.05) is 22.0 Å². The summed E-state index contributed by atoms with van der Waals surface area (Å²) < 4.78 is 19.0. The van der Waals surface area contributed by atoms with Crippen LogP contribution in [0.25, 0.3) is 22.2 Å². The van der Waals surface area contributed by atoms with Gasteiger partial charge in [0.1, 0.15) is 11.6 Å². The molecule has 0 radical (unpaired) electrons. The Morgan fingerprint density at radius 1 is 1.14 bits per heavy atom. The summed E-state index contributed by atoms with van der Waals surface area (Å²) in [7, 11) is 1.52. The van der Waals surface area contributed by atoms with Gasteiger partial charge in [0.15, 0.2) is 6.29 Å². The zero-order chi connectivity index (χ0) is 15.9. The van der Waals surface area contributed by atoms with Gasteiger partial charge < -0.3 is 9.72 Å². The molecule has 0 amide bonds. The molecule has 1 aromatic heterocycles. The van der Waals surface area contributed by atoms with Gasteiger partial charge in [0.2, 0.25) is 0 Å². The van der Waals surface area contributed by atoms with Gasteiger partial charge >= 0.3 is 0 Å². The molecule has 0 aliphatic rings. The lowest BCUT2D eigenvalue weighted by atomic mass is 10.0. The maximum Gasteiger partial charge on any atom is 0.152 e. The summed E-state index contributed by atoms with van der Waals surface area (Å²) in [6.07, 6.45) is 0.810. The molecular weight excluding hydrogens is 281 g/mol. The van der Waals surface area contributed by atoms with Gasteiger partial charge in [0.05, 0.1) is 12.8 Å². The predicted octanol–water partition coefficient (Wildman–Crippen LogP) is 4.41. The minimum atomic E-state index is -0.375. The number of halogens is 1. The van der Waals surface area contributed by atoms with Gasteiger partial charge in [0.25, 0.3) is 0 Å². The molecule has 0 fully saturated rings. The van der Waals surface area contributed by atoms with Crippen LogP contribution in [-0.4, -0.2) is 18.4 Å². The summed E-state index contributed by atoms with van der Waals surface area (Å²) in [5.74, 6) is 0.145. The van der Waals surface area contributed by atoms with Crippen molar-refractivity contribution in [1.82, 2.24) is 4.98 Å². The van der Waals surface area contributed by atoms with Crippen LogP contribution in [-0.2, 0) is 0 Å². The van der Waals surface area contributed by atoms with Crippen molar-refractivity contribution < 1.29 is 13.9 Å². The smallest absolute Gasteiger partial charge is 0.152 e. The number of H-pyrrole nitrogens is 1. The topological polar surface area (TPSA) is 42.1 Å². The van der Waals surface area contributed by atoms with E-state index in [1.165, 1.54) is 19.2 Å². The number of rotatable bonds is 3. The van der Waals surface area contributed by atoms with E-state index < -0.39 is 0 Å². The Labute approximate surface area is 127 Å². The summed E-state index contributed by atoms with van der Waals surface area (Å²) in [5.41, 5.74) is 4.58. The summed E-state index contributed by atoms with van der Waals surface area (Å²) in [6.45, 7) is 3.93. The van der Waals surface area contributed by atoms with E-state index in [0.717, 1.165) is 28.3 Å². The van der Waals surface area contributed by atoms with Crippen LogP contribution < -0.4 is 4.74 Å². The number of aldehydes is 1. The molecule has 0 saturated heterocycles. The van der Waals surface area contributed by atoms with Crippen LogP contribution in [0, 0.1) is 19.7 Å². The molecule has 22 heavy (non-hydrogen) atoms. The Balaban J connectivity index is 2.42. The fourth-order valence-corrected chi connectivity index (χ4v) is 2.84. The quantitative estimate of drug-likeness (QED) is 0.727. The number of aromatic nitrogens is 1. The Morgan fingerprint density at radius 2 is 1.86 bits per heavy atom. The van der Waals surface area contributed by atoms with E-state index in [1.54, 1.807) is 6.07 Å². The molecule has 0 atom stereocenters. The maximum absolute atomic E-state index is 13.7. The third-order valence-electron chi connectivity index (χ3n) is 3.96. The number of carbonyl (C=O) groups is 1. The molecule has 0 bridgehead atoms. The van der Waals surface area contributed by atoms with Crippen molar-refractivity contribution >= 4 is 17.2 Å². The largest absolute Gasteiger partial charge is 0.496 e. The lowest BCUT2D eigenvalue weighted by molar-refractivity contribution is 0.112. The number of fused-ring (bicyclic) bond motifs is 1. The van der Waals surface area contributed by atoms with Crippen molar-refractivity contribution in [2.24, 2.45) is 0 Å². The van der Waals surface area contributed by atoms with E-state index in [0.29, 0.717) is 22.6 Å². The molecule has 0 spiro atoms. The van der Waals surface area contributed by atoms with Crippen LogP contribution in [0.5, 0.6) is 5.75 Å². The molecule has 2 aromatic carbocycles. The van der Waals surface area contributed by atoms with Crippen molar-refractivity contribution in [3.05, 3.63) is 52.8 Å². The fourth-order valence-electron chi connectivity index (χ4n) is 2.84. The fraction of sp³-hybridized carbons (Fsp3) is 0.167. The standard InChI is InChI=1S/C18H16FNO2/c1-10-4-5-11(2)17-16(10)14(9-21)18(20-17)13-8-12(19)6-7-15(13)22-3/h4-9,20H,1-3H3. The minimum absolute atomic E-state index is 0.375. The number of carbonyl (C=O) groups excluding carboxylic acids is 1. The highest BCUT2D eigenvalue weighted by atomic mass is 19.1. The Kier molecular flexibility index (Phi) is 3.45. The third kappa shape index (κ3) is 2.08. The lowest BCUT2D eigenvalue weighted by Crippen LogP contribution is -1.92. The average molecular weight is 297 g/mol. The monoisotopic (exact) mass is 297 g/mol. The number of hydrogen-bond donors (Lipinski definition) is 1. The molecule has 0 aliphatic carbocycles. The van der Waals surface area contributed by atoms with Crippen molar-refractivity contribution in [2.75, 3.05) is 7.11 Å². The molecule has 1 heterocycles. The van der Waals surface area contributed by atoms with E-state index in [1.807, 2.05) is 26.0 Å². The molecule has 112 valence electrons. The minimum Gasteiger partial charge on any atom is -0.496 e. The highest BCUT2D eigenvalue weighted by Crippen LogP contribution is 2.37. The third-order valence-corrected chi connectivity index (χ3v) is 3.96. The first-order valence-electron chi connectivity index (χ1n) is 6.97. The zero-order valence-electron chi connectivity index (χ0n) is 12.7. The number of aromatic amines is 1. The van der Waals surface area contributed by atoms with Crippen molar-refractivity contribution in [2.45, 2.75) is 13.8 Å². The number of benzene rings is 2. The summed E-state index contributed by atoms with van der Waals surface area (Å²) in [4.78, 5) is 14.9. The second-order valence-corrected chi connectivity index (χ2v) is 5.33. The van der Waals surface area contributed by atoms with E-state index in [2.05, 4.69) is 4.98 Å². The second kappa shape index (κ2) is 5.30. The molecule has 3 aromatic rings. The zero-order valence-corrected chi connectivity index (χ0v) is 12.7. The Morgan fingerprint density at radius 3 is 2.55 bits per heavy atom. The van der Waals surface area contributed by atoms with E-state index in [9.17, 15) is 9.18 Å². The molecule has 0 unspecified atom stereocenters. The van der Waals surface area contributed by atoms with Gasteiger partial charge in [-0.15, -0.1) is 0 Å². The van der Waals surface area contributed by atoms with Crippen LogP contribution in [0.4, 0.5) is 4.39 Å². The molecule has 0 saturated carbocycles. The van der Waals surface area contributed by atoms with Crippen molar-refractivity contribution in [1.29, 1.82) is 0 Å². The first kappa shape index (κ1) is 14.3. The maximum atomic E-state index is 13.7. The van der Waals surface area contributed by atoms with Gasteiger partial charge in [-0.25, -0.2) is 4.39 Å². The van der Waals surface area contributed by atoms with Crippen LogP contribution >= 0.6 is 0 Å². The number of ether oxygens (including phenoxy) is 1. The van der Waals surface area contributed by atoms with Gasteiger partial charge in [-0.3, -0.25) is 4.79 Å². The highest BCUT2D eigenvalue weighted by molar-refractivity contribution is 6.07. The molecule has 3 rings (SSSR count). The average Bonchev–Trinajstić information content (AvgIpc) is 2.91. The Hall–Kier alpha value is -2.62. The van der Waals surface area contributed by atoms with Crippen LogP contribution in [0.15, 0.2) is 30.3 Å². The number of aryl methyl sites for hydroxylation is 2. The predicted molar refractivity (Wildman–Crippen MR) is 85.1 cm³/mol. The number of hydrogen-bond acceptors (Lipinski definition) is 2. The molecule has 3 nitrogen and oxygen atoms in total.